The molecular weight excluding hydrogens is 288 g/mol. The lowest BCUT2D eigenvalue weighted by molar-refractivity contribution is 0.845. The number of hydrogen-bond donors (Lipinski definition) is 0. The van der Waals surface area contributed by atoms with Gasteiger partial charge in [0, 0.05) is 0 Å². The molecule has 0 aromatic heterocycles. The molecule has 0 aliphatic rings. The van der Waals surface area contributed by atoms with Gasteiger partial charge in [-0.05, 0) is 59.4 Å². The SMILES string of the molecule is C.CC(C)c1ccc(C(C)C)cc1.Cc1ccc(C(C)C)cc1C. The van der Waals surface area contributed by atoms with Gasteiger partial charge in [-0.25, -0.2) is 0 Å². The molecule has 24 heavy (non-hydrogen) atoms. The van der Waals surface area contributed by atoms with Crippen LogP contribution in [0, 0.1) is 13.8 Å². The summed E-state index contributed by atoms with van der Waals surface area (Å²) in [7, 11) is 0. The van der Waals surface area contributed by atoms with E-state index in [2.05, 4.69) is 97.9 Å². The molecule has 0 aliphatic heterocycles. The summed E-state index contributed by atoms with van der Waals surface area (Å²) in [5, 5.41) is 0. The highest BCUT2D eigenvalue weighted by atomic mass is 14.1. The van der Waals surface area contributed by atoms with Crippen LogP contribution in [-0.4, -0.2) is 0 Å². The second kappa shape index (κ2) is 10.3. The summed E-state index contributed by atoms with van der Waals surface area (Å²) in [5.74, 6) is 1.94. The van der Waals surface area contributed by atoms with Crippen molar-refractivity contribution < 1.29 is 0 Å². The van der Waals surface area contributed by atoms with E-state index < -0.39 is 0 Å². The first kappa shape index (κ1) is 22.4. The molecule has 134 valence electrons. The summed E-state index contributed by atoms with van der Waals surface area (Å²) in [6.07, 6.45) is 0. The van der Waals surface area contributed by atoms with Crippen LogP contribution in [0.2, 0.25) is 0 Å². The number of aryl methyl sites for hydroxylation is 2. The first-order chi connectivity index (χ1) is 10.7. The zero-order chi connectivity index (χ0) is 17.6. The van der Waals surface area contributed by atoms with Gasteiger partial charge < -0.3 is 0 Å². The standard InChI is InChI=1S/C12H18.C11H16.CH4/c1-9(2)11-5-7-12(8-6-11)10(3)4;1-8(2)11-6-5-9(3)10(4)7-11;/h5-10H,1-4H3;5-8H,1-4H3;1H4. The van der Waals surface area contributed by atoms with Gasteiger partial charge in [0.25, 0.3) is 0 Å². The van der Waals surface area contributed by atoms with Crippen LogP contribution in [0.5, 0.6) is 0 Å². The highest BCUT2D eigenvalue weighted by Crippen LogP contribution is 2.19. The number of rotatable bonds is 3. The molecule has 0 radical (unpaired) electrons. The summed E-state index contributed by atoms with van der Waals surface area (Å²) >= 11 is 0. The van der Waals surface area contributed by atoms with Crippen molar-refractivity contribution in [1.82, 2.24) is 0 Å². The summed E-state index contributed by atoms with van der Waals surface area (Å²) in [5.41, 5.74) is 7.08. The predicted molar refractivity (Wildman–Crippen MR) is 111 cm³/mol. The van der Waals surface area contributed by atoms with E-state index in [4.69, 9.17) is 0 Å². The van der Waals surface area contributed by atoms with Crippen molar-refractivity contribution >= 4 is 0 Å². The summed E-state index contributed by atoms with van der Waals surface area (Å²) in [6, 6.07) is 15.6. The van der Waals surface area contributed by atoms with Gasteiger partial charge in [0.15, 0.2) is 0 Å². The Kier molecular flexibility index (Phi) is 9.66. The van der Waals surface area contributed by atoms with Gasteiger partial charge in [-0.1, -0.05) is 91.4 Å². The van der Waals surface area contributed by atoms with Gasteiger partial charge in [0.2, 0.25) is 0 Å². The Morgan fingerprint density at radius 2 is 0.833 bits per heavy atom. The molecule has 0 N–H and O–H groups in total. The van der Waals surface area contributed by atoms with Gasteiger partial charge in [-0.2, -0.15) is 0 Å². The minimum absolute atomic E-state index is 0. The van der Waals surface area contributed by atoms with Gasteiger partial charge >= 0.3 is 0 Å². The summed E-state index contributed by atoms with van der Waals surface area (Å²) < 4.78 is 0. The lowest BCUT2D eigenvalue weighted by atomic mass is 9.97. The van der Waals surface area contributed by atoms with Gasteiger partial charge in [0.1, 0.15) is 0 Å². The minimum atomic E-state index is 0. The fraction of sp³-hybridized carbons (Fsp3) is 0.500. The van der Waals surface area contributed by atoms with Gasteiger partial charge in [-0.3, -0.25) is 0 Å². The zero-order valence-corrected chi connectivity index (χ0v) is 16.3. The molecule has 0 amide bonds. The number of hydrogen-bond acceptors (Lipinski definition) is 0. The Balaban J connectivity index is 0.000000425. The van der Waals surface area contributed by atoms with E-state index >= 15 is 0 Å². The molecule has 0 atom stereocenters. The van der Waals surface area contributed by atoms with Crippen LogP contribution in [0.15, 0.2) is 42.5 Å². The molecule has 0 unspecified atom stereocenters. The van der Waals surface area contributed by atoms with E-state index in [0.717, 1.165) is 0 Å². The van der Waals surface area contributed by atoms with Gasteiger partial charge in [0.05, 0.1) is 0 Å². The second-order valence-corrected chi connectivity index (χ2v) is 7.47. The maximum atomic E-state index is 2.28. The van der Waals surface area contributed by atoms with Crippen molar-refractivity contribution in [3.8, 4) is 0 Å². The molecule has 0 spiro atoms. The lowest BCUT2D eigenvalue weighted by Crippen LogP contribution is -1.90. The molecule has 2 aromatic rings. The summed E-state index contributed by atoms with van der Waals surface area (Å²) in [6.45, 7) is 17.7. The average Bonchev–Trinajstić information content (AvgIpc) is 2.50. The molecule has 0 heteroatoms. The number of benzene rings is 2. The molecular formula is C24H38. The third kappa shape index (κ3) is 6.91. The van der Waals surface area contributed by atoms with E-state index in [9.17, 15) is 0 Å². The van der Waals surface area contributed by atoms with Crippen molar-refractivity contribution in [3.05, 3.63) is 70.3 Å². The smallest absolute Gasteiger partial charge is 0.0219 e. The first-order valence-electron chi connectivity index (χ1n) is 8.89. The van der Waals surface area contributed by atoms with Crippen LogP contribution in [-0.2, 0) is 0 Å². The Hall–Kier alpha value is -1.56. The quantitative estimate of drug-likeness (QED) is 0.536. The first-order valence-corrected chi connectivity index (χ1v) is 8.89. The summed E-state index contributed by atoms with van der Waals surface area (Å²) in [4.78, 5) is 0. The van der Waals surface area contributed by atoms with E-state index in [-0.39, 0.29) is 7.43 Å². The fourth-order valence-electron chi connectivity index (χ4n) is 2.39. The molecule has 0 saturated carbocycles. The zero-order valence-electron chi connectivity index (χ0n) is 16.3. The van der Waals surface area contributed by atoms with Crippen molar-refractivity contribution in [3.63, 3.8) is 0 Å². The molecule has 0 nitrogen and oxygen atoms in total. The minimum Gasteiger partial charge on any atom is -0.0776 e. The lowest BCUT2D eigenvalue weighted by Gasteiger charge is -2.08. The molecule has 0 bridgehead atoms. The van der Waals surface area contributed by atoms with Gasteiger partial charge in [-0.15, -0.1) is 0 Å². The molecule has 2 rings (SSSR count). The largest absolute Gasteiger partial charge is 0.0776 e. The topological polar surface area (TPSA) is 0 Å². The van der Waals surface area contributed by atoms with Crippen LogP contribution in [0.4, 0.5) is 0 Å². The van der Waals surface area contributed by atoms with E-state index in [1.807, 2.05) is 0 Å². The van der Waals surface area contributed by atoms with Crippen LogP contribution >= 0.6 is 0 Å². The van der Waals surface area contributed by atoms with Crippen molar-refractivity contribution in [1.29, 1.82) is 0 Å². The second-order valence-electron chi connectivity index (χ2n) is 7.47. The Morgan fingerprint density at radius 3 is 1.12 bits per heavy atom. The molecule has 0 aliphatic carbocycles. The molecule has 0 saturated heterocycles. The van der Waals surface area contributed by atoms with Crippen LogP contribution in [0.3, 0.4) is 0 Å². The highest BCUT2D eigenvalue weighted by Gasteiger charge is 2.01. The van der Waals surface area contributed by atoms with Crippen LogP contribution in [0.1, 0.15) is 94.5 Å². The van der Waals surface area contributed by atoms with Crippen molar-refractivity contribution in [2.24, 2.45) is 0 Å². The van der Waals surface area contributed by atoms with E-state index in [1.54, 1.807) is 0 Å². The highest BCUT2D eigenvalue weighted by molar-refractivity contribution is 5.31. The predicted octanol–water partition coefficient (Wildman–Crippen LogP) is 8.00. The monoisotopic (exact) mass is 326 g/mol. The third-order valence-electron chi connectivity index (χ3n) is 4.47. The average molecular weight is 327 g/mol. The molecule has 0 heterocycles. The Morgan fingerprint density at radius 1 is 0.500 bits per heavy atom. The maximum absolute atomic E-state index is 2.28. The van der Waals surface area contributed by atoms with E-state index in [0.29, 0.717) is 17.8 Å². The normalized spacial score (nSPS) is 10.5. The third-order valence-corrected chi connectivity index (χ3v) is 4.47. The Bertz CT molecular complexity index is 559. The van der Waals surface area contributed by atoms with Crippen molar-refractivity contribution in [2.75, 3.05) is 0 Å². The fourth-order valence-corrected chi connectivity index (χ4v) is 2.39. The maximum Gasteiger partial charge on any atom is -0.0219 e. The van der Waals surface area contributed by atoms with Crippen LogP contribution in [0.25, 0.3) is 0 Å². The molecule has 2 aromatic carbocycles. The van der Waals surface area contributed by atoms with Crippen molar-refractivity contribution in [2.45, 2.75) is 80.6 Å². The molecule has 0 fully saturated rings. The van der Waals surface area contributed by atoms with E-state index in [1.165, 1.54) is 27.8 Å². The van der Waals surface area contributed by atoms with Crippen LogP contribution < -0.4 is 0 Å². The Labute approximate surface area is 151 Å².